The fourth-order valence-electron chi connectivity index (χ4n) is 2.44. The molecular weight excluding hydrogens is 386 g/mol. The van der Waals surface area contributed by atoms with E-state index in [0.717, 1.165) is 22.5 Å². The molecule has 8 nitrogen and oxygen atoms in total. The molecule has 29 heavy (non-hydrogen) atoms. The summed E-state index contributed by atoms with van der Waals surface area (Å²) in [5.74, 6) is 0.513. The number of amides is 1. The number of thioether (sulfide) groups is 1. The molecule has 0 atom stereocenters. The highest BCUT2D eigenvalue weighted by molar-refractivity contribution is 7.99. The van der Waals surface area contributed by atoms with Gasteiger partial charge < -0.3 is 10.2 Å². The lowest BCUT2D eigenvalue weighted by Gasteiger charge is -2.11. The summed E-state index contributed by atoms with van der Waals surface area (Å²) in [6.07, 6.45) is 1.70. The molecule has 3 aromatic rings. The molecule has 0 aliphatic carbocycles. The second-order valence-corrected chi connectivity index (χ2v) is 7.47. The lowest BCUT2D eigenvalue weighted by atomic mass is 10.2. The summed E-state index contributed by atoms with van der Waals surface area (Å²) in [6.45, 7) is 1.98. The van der Waals surface area contributed by atoms with Crippen molar-refractivity contribution in [3.05, 3.63) is 59.7 Å². The molecule has 0 aliphatic rings. The standard InChI is InChI=1S/C20H23N7OS/c1-14-5-4-6-16(11-14)22-18(28)13-29-20-23-19(25-26-20)24-21-12-15-7-9-17(10-8-15)27(2)3/h4-12H,13H2,1-3H3,(H,22,28)(H2,23,24,25,26)/b21-12-. The van der Waals surface area contributed by atoms with Gasteiger partial charge in [-0.2, -0.15) is 10.1 Å². The number of aromatic nitrogens is 3. The largest absolute Gasteiger partial charge is 0.378 e. The summed E-state index contributed by atoms with van der Waals surface area (Å²) in [4.78, 5) is 18.4. The first-order chi connectivity index (χ1) is 14.0. The van der Waals surface area contributed by atoms with Crippen molar-refractivity contribution in [2.24, 2.45) is 5.10 Å². The van der Waals surface area contributed by atoms with Crippen LogP contribution in [-0.4, -0.2) is 47.2 Å². The molecule has 0 unspecified atom stereocenters. The fourth-order valence-corrected chi connectivity index (χ4v) is 3.04. The van der Waals surface area contributed by atoms with Crippen LogP contribution in [-0.2, 0) is 4.79 Å². The van der Waals surface area contributed by atoms with Gasteiger partial charge in [-0.3, -0.25) is 4.79 Å². The number of hydrogen-bond donors (Lipinski definition) is 3. The van der Waals surface area contributed by atoms with Gasteiger partial charge in [-0.05, 0) is 42.3 Å². The van der Waals surface area contributed by atoms with Gasteiger partial charge in [0.15, 0.2) is 0 Å². The molecule has 0 spiro atoms. The first-order valence-corrected chi connectivity index (χ1v) is 9.96. The minimum absolute atomic E-state index is 0.112. The van der Waals surface area contributed by atoms with Crippen molar-refractivity contribution in [1.29, 1.82) is 0 Å². The van der Waals surface area contributed by atoms with Gasteiger partial charge in [0, 0.05) is 25.5 Å². The van der Waals surface area contributed by atoms with Crippen LogP contribution in [0.3, 0.4) is 0 Å². The van der Waals surface area contributed by atoms with Gasteiger partial charge in [0.2, 0.25) is 17.0 Å². The highest BCUT2D eigenvalue weighted by atomic mass is 32.2. The first-order valence-electron chi connectivity index (χ1n) is 8.98. The second-order valence-electron chi connectivity index (χ2n) is 6.53. The maximum absolute atomic E-state index is 12.1. The van der Waals surface area contributed by atoms with E-state index in [-0.39, 0.29) is 11.7 Å². The summed E-state index contributed by atoms with van der Waals surface area (Å²) in [6, 6.07) is 15.7. The molecule has 3 N–H and O–H groups in total. The molecule has 0 saturated heterocycles. The number of benzene rings is 2. The normalized spacial score (nSPS) is 10.9. The van der Waals surface area contributed by atoms with E-state index in [1.54, 1.807) is 6.21 Å². The van der Waals surface area contributed by atoms with Crippen LogP contribution in [0.25, 0.3) is 0 Å². The van der Waals surface area contributed by atoms with Crippen molar-refractivity contribution in [2.45, 2.75) is 12.1 Å². The number of aromatic amines is 1. The van der Waals surface area contributed by atoms with Gasteiger partial charge in [-0.1, -0.05) is 36.0 Å². The Bertz CT molecular complexity index is 983. The Morgan fingerprint density at radius 3 is 2.76 bits per heavy atom. The lowest BCUT2D eigenvalue weighted by Crippen LogP contribution is -2.14. The molecule has 3 rings (SSSR count). The van der Waals surface area contributed by atoms with E-state index in [1.165, 1.54) is 11.8 Å². The summed E-state index contributed by atoms with van der Waals surface area (Å²) in [7, 11) is 3.99. The highest BCUT2D eigenvalue weighted by Gasteiger charge is 2.08. The van der Waals surface area contributed by atoms with Crippen molar-refractivity contribution >= 4 is 41.2 Å². The van der Waals surface area contributed by atoms with E-state index < -0.39 is 0 Å². The van der Waals surface area contributed by atoms with Crippen molar-refractivity contribution in [1.82, 2.24) is 15.2 Å². The zero-order chi connectivity index (χ0) is 20.6. The Labute approximate surface area is 173 Å². The summed E-state index contributed by atoms with van der Waals surface area (Å²) in [5, 5.41) is 14.3. The number of aryl methyl sites for hydroxylation is 1. The summed E-state index contributed by atoms with van der Waals surface area (Å²) >= 11 is 1.24. The predicted molar refractivity (Wildman–Crippen MR) is 119 cm³/mol. The van der Waals surface area contributed by atoms with Gasteiger partial charge in [0.25, 0.3) is 0 Å². The predicted octanol–water partition coefficient (Wildman–Crippen LogP) is 3.36. The maximum Gasteiger partial charge on any atom is 0.240 e. The average molecular weight is 410 g/mol. The molecule has 1 amide bonds. The van der Waals surface area contributed by atoms with Gasteiger partial charge >= 0.3 is 0 Å². The van der Waals surface area contributed by atoms with Crippen molar-refractivity contribution in [3.8, 4) is 0 Å². The number of carbonyl (C=O) groups excluding carboxylic acids is 1. The van der Waals surface area contributed by atoms with Crippen LogP contribution >= 0.6 is 11.8 Å². The molecule has 0 saturated carbocycles. The number of rotatable bonds is 8. The third-order valence-corrected chi connectivity index (χ3v) is 4.74. The van der Waals surface area contributed by atoms with Crippen molar-refractivity contribution in [3.63, 3.8) is 0 Å². The Morgan fingerprint density at radius 2 is 2.03 bits per heavy atom. The molecule has 1 heterocycles. The molecule has 0 bridgehead atoms. The molecule has 0 radical (unpaired) electrons. The van der Waals surface area contributed by atoms with Crippen molar-refractivity contribution < 1.29 is 4.79 Å². The van der Waals surface area contributed by atoms with E-state index in [0.29, 0.717) is 11.1 Å². The van der Waals surface area contributed by atoms with Crippen LogP contribution < -0.4 is 15.6 Å². The Hall–Kier alpha value is -3.33. The van der Waals surface area contributed by atoms with Crippen LogP contribution in [0, 0.1) is 6.92 Å². The smallest absolute Gasteiger partial charge is 0.240 e. The topological polar surface area (TPSA) is 98.3 Å². The van der Waals surface area contributed by atoms with Crippen LogP contribution in [0.15, 0.2) is 58.8 Å². The zero-order valence-corrected chi connectivity index (χ0v) is 17.3. The number of H-pyrrole nitrogens is 1. The van der Waals surface area contributed by atoms with Gasteiger partial charge in [0.05, 0.1) is 12.0 Å². The van der Waals surface area contributed by atoms with Crippen LogP contribution in [0.1, 0.15) is 11.1 Å². The molecule has 2 aromatic carbocycles. The Balaban J connectivity index is 1.46. The number of hydrazone groups is 1. The van der Waals surface area contributed by atoms with E-state index in [2.05, 4.69) is 31.0 Å². The fraction of sp³-hybridized carbons (Fsp3) is 0.200. The molecule has 0 fully saturated rings. The van der Waals surface area contributed by atoms with Crippen LogP contribution in [0.5, 0.6) is 0 Å². The highest BCUT2D eigenvalue weighted by Crippen LogP contribution is 2.16. The number of nitrogens with one attached hydrogen (secondary N) is 3. The summed E-state index contributed by atoms with van der Waals surface area (Å²) in [5.41, 5.74) is 6.76. The molecule has 0 aliphatic heterocycles. The van der Waals surface area contributed by atoms with E-state index >= 15 is 0 Å². The minimum atomic E-state index is -0.112. The third-order valence-electron chi connectivity index (χ3n) is 3.89. The number of carbonyl (C=O) groups is 1. The lowest BCUT2D eigenvalue weighted by molar-refractivity contribution is -0.113. The first kappa shape index (κ1) is 20.4. The number of nitrogens with zero attached hydrogens (tertiary/aromatic N) is 4. The minimum Gasteiger partial charge on any atom is -0.378 e. The summed E-state index contributed by atoms with van der Waals surface area (Å²) < 4.78 is 0. The van der Waals surface area contributed by atoms with Crippen LogP contribution in [0.4, 0.5) is 17.3 Å². The second kappa shape index (κ2) is 9.74. The van der Waals surface area contributed by atoms with Crippen molar-refractivity contribution in [2.75, 3.05) is 35.5 Å². The quantitative estimate of drug-likeness (QED) is 0.300. The number of anilines is 3. The maximum atomic E-state index is 12.1. The van der Waals surface area contributed by atoms with E-state index in [9.17, 15) is 4.79 Å². The molecule has 150 valence electrons. The Morgan fingerprint density at radius 1 is 1.24 bits per heavy atom. The molecule has 9 heteroatoms. The number of hydrogen-bond acceptors (Lipinski definition) is 7. The SMILES string of the molecule is Cc1cccc(NC(=O)CSc2n[nH]c(N/N=C\c3ccc(N(C)C)cc3)n2)c1. The van der Waals surface area contributed by atoms with Gasteiger partial charge in [-0.15, -0.1) is 5.10 Å². The molecular formula is C20H23N7OS. The van der Waals surface area contributed by atoms with Crippen LogP contribution in [0.2, 0.25) is 0 Å². The molecule has 1 aromatic heterocycles. The van der Waals surface area contributed by atoms with E-state index in [4.69, 9.17) is 0 Å². The monoisotopic (exact) mass is 409 g/mol. The zero-order valence-electron chi connectivity index (χ0n) is 16.5. The average Bonchev–Trinajstić information content (AvgIpc) is 3.15. The van der Waals surface area contributed by atoms with Gasteiger partial charge in [-0.25, -0.2) is 10.5 Å². The third kappa shape index (κ3) is 6.35. The Kier molecular flexibility index (Phi) is 6.85. The van der Waals surface area contributed by atoms with E-state index in [1.807, 2.05) is 74.4 Å². The van der Waals surface area contributed by atoms with Gasteiger partial charge in [0.1, 0.15) is 0 Å².